The summed E-state index contributed by atoms with van der Waals surface area (Å²) in [6, 6.07) is 49.5. The number of nitrogens with one attached hydrogen (secondary N) is 6. The standard InChI is InChI=1S/C87H76N28O25S9/c1-49-40-57(14-29-68(49)108-111-71-32-17-60(44-78(71)146(128,129)130)104-100-53-6-21-64(22-7-53)142(116,117)118)90-84-94-82(95-85(98-84)91-58-15-30-69(50(2)41-58)109-112-72-33-18-61(45-79(72)147(131,132)133)105-101-54-8-23-65(24-9-54)143(119,120)121)88-36-37-89-83-96-86(92-59-16-31-70(51(3)42-59)110-113-73-34-19-62(46-80(73)148(134,135)136)106-102-55-10-25-66(26-11-55)144(122,123)124)99-87(97-83)93-76-43-52(4)75(48-77(76)140-38-5-39-141)115-114-74-35-20-63(47-81(74)149(137,138)139)107-103-56-12-27-67(28-13-56)145(125,126)127/h6-35,40-48,141H,5,36-39H2,1-4H3,(H,116,117,118)(H,119,120,121)(H,122,123,124)(H,125,126,127)(H,128,129,130)(H,131,132,133)(H,134,135,136)(H,137,138,139)(H3,88,90,91,94,95,98)(H3,89,92,93,96,97,99). The van der Waals surface area contributed by atoms with Crippen molar-refractivity contribution in [3.63, 3.8) is 0 Å². The molecular weight excluding hydrogens is 2130 g/mol. The number of anilines is 10. The fourth-order valence-electron chi connectivity index (χ4n) is 12.8. The highest BCUT2D eigenvalue weighted by Gasteiger charge is 2.26. The van der Waals surface area contributed by atoms with Gasteiger partial charge in [0.1, 0.15) is 48.1 Å². The van der Waals surface area contributed by atoms with Crippen molar-refractivity contribution in [2.75, 3.05) is 57.3 Å². The third-order valence-corrected chi connectivity index (χ3v) is 27.4. The molecule has 0 unspecified atom stereocenters. The molecule has 149 heavy (non-hydrogen) atoms. The lowest BCUT2D eigenvalue weighted by molar-refractivity contribution is 0.320. The fourth-order valence-corrected chi connectivity index (χ4v) is 17.4. The lowest BCUT2D eigenvalue weighted by Crippen LogP contribution is -2.18. The zero-order chi connectivity index (χ0) is 107. The van der Waals surface area contributed by atoms with Crippen LogP contribution in [0.15, 0.2) is 358 Å². The first-order valence-corrected chi connectivity index (χ1v) is 54.4. The number of rotatable bonds is 41. The van der Waals surface area contributed by atoms with Crippen molar-refractivity contribution in [1.29, 1.82) is 0 Å². The Hall–Kier alpha value is -16.3. The maximum atomic E-state index is 12.9. The molecule has 0 radical (unpaired) electrons. The number of benzene rings is 12. The van der Waals surface area contributed by atoms with Gasteiger partial charge in [-0.25, -0.2) is 0 Å². The topological polar surface area (TPSA) is 791 Å². The normalized spacial score (nSPS) is 12.7. The number of ether oxygens (including phenoxy) is 1. The molecular formula is C87H76N28O25S9. The predicted octanol–water partition coefficient (Wildman–Crippen LogP) is 21.8. The van der Waals surface area contributed by atoms with Gasteiger partial charge in [-0.2, -0.15) is 171 Å². The summed E-state index contributed by atoms with van der Waals surface area (Å²) in [5, 5.41) is 84.5. The quantitative estimate of drug-likeness (QED) is 0.00732. The molecule has 0 saturated heterocycles. The number of nitrogens with zero attached hydrogens (tertiary/aromatic N) is 22. The molecule has 0 atom stereocenters. The van der Waals surface area contributed by atoms with E-state index in [1.165, 1.54) is 121 Å². The average molecular weight is 2200 g/mol. The second-order valence-corrected chi connectivity index (χ2v) is 42.7. The van der Waals surface area contributed by atoms with Crippen molar-refractivity contribution in [2.24, 2.45) is 81.8 Å². The number of azo groups is 8. The van der Waals surface area contributed by atoms with Crippen molar-refractivity contribution < 1.29 is 109 Å². The van der Waals surface area contributed by atoms with Crippen LogP contribution in [-0.2, 0) is 80.9 Å². The summed E-state index contributed by atoms with van der Waals surface area (Å²) in [7, 11) is -38.1. The lowest BCUT2D eigenvalue weighted by atomic mass is 10.1. The Morgan fingerprint density at radius 2 is 0.477 bits per heavy atom. The summed E-state index contributed by atoms with van der Waals surface area (Å²) >= 11 is 4.36. The van der Waals surface area contributed by atoms with Crippen LogP contribution in [0.4, 0.5) is 149 Å². The van der Waals surface area contributed by atoms with Crippen LogP contribution in [-0.4, -0.2) is 159 Å². The predicted molar refractivity (Wildman–Crippen MR) is 542 cm³/mol. The van der Waals surface area contributed by atoms with Crippen LogP contribution in [0.25, 0.3) is 0 Å². The Morgan fingerprint density at radius 1 is 0.248 bits per heavy atom. The van der Waals surface area contributed by atoms with Gasteiger partial charge in [-0.1, -0.05) is 0 Å². The largest absolute Gasteiger partial charge is 0.491 e. The second-order valence-electron chi connectivity index (χ2n) is 31.0. The molecule has 0 aliphatic heterocycles. The fraction of sp³-hybridized carbons (Fsp3) is 0.103. The van der Waals surface area contributed by atoms with Crippen LogP contribution in [0.3, 0.4) is 0 Å². The van der Waals surface area contributed by atoms with E-state index in [9.17, 15) is 104 Å². The maximum Gasteiger partial charge on any atom is 0.296 e. The van der Waals surface area contributed by atoms with E-state index in [1.807, 2.05) is 0 Å². The average Bonchev–Trinajstić information content (AvgIpc) is 0.812. The molecule has 0 saturated carbocycles. The van der Waals surface area contributed by atoms with Crippen LogP contribution in [0.5, 0.6) is 5.75 Å². The van der Waals surface area contributed by atoms with Crippen molar-refractivity contribution >= 4 is 243 Å². The van der Waals surface area contributed by atoms with Gasteiger partial charge in [0, 0.05) is 36.2 Å². The Kier molecular flexibility index (Phi) is 33.3. The molecule has 2 aromatic heterocycles. The second kappa shape index (κ2) is 45.8. The van der Waals surface area contributed by atoms with Crippen LogP contribution >= 0.6 is 12.6 Å². The van der Waals surface area contributed by atoms with E-state index in [0.29, 0.717) is 51.5 Å². The molecule has 0 aliphatic carbocycles. The van der Waals surface area contributed by atoms with Gasteiger partial charge in [0.05, 0.1) is 100 Å². The first-order chi connectivity index (χ1) is 70.3. The third kappa shape index (κ3) is 30.2. The van der Waals surface area contributed by atoms with Gasteiger partial charge in [-0.15, -0.1) is 20.5 Å². The lowest BCUT2D eigenvalue weighted by Gasteiger charge is -2.16. The summed E-state index contributed by atoms with van der Waals surface area (Å²) in [6.07, 6.45) is 0.423. The van der Waals surface area contributed by atoms with Crippen LogP contribution in [0, 0.1) is 27.7 Å². The number of hydrogen-bond donors (Lipinski definition) is 15. The van der Waals surface area contributed by atoms with Crippen molar-refractivity contribution in [2.45, 2.75) is 73.3 Å². The highest BCUT2D eigenvalue weighted by Crippen LogP contribution is 2.42. The number of aromatic nitrogens is 6. The summed E-state index contributed by atoms with van der Waals surface area (Å²) in [6.45, 7) is 6.60. The van der Waals surface area contributed by atoms with Gasteiger partial charge in [0.15, 0.2) is 0 Å². The maximum absolute atomic E-state index is 12.9. The van der Waals surface area contributed by atoms with Gasteiger partial charge in [0.2, 0.25) is 35.7 Å². The number of hydrogen-bond acceptors (Lipinski definition) is 46. The molecule has 14 rings (SSSR count). The molecule has 0 bridgehead atoms. The molecule has 0 aliphatic rings. The zero-order valence-electron chi connectivity index (χ0n) is 76.6. The minimum absolute atomic E-state index is 0.0316. The molecule has 14 N–H and O–H groups in total. The van der Waals surface area contributed by atoms with Crippen molar-refractivity contribution in [3.05, 3.63) is 259 Å². The van der Waals surface area contributed by atoms with E-state index in [1.54, 1.807) is 70.2 Å². The van der Waals surface area contributed by atoms with E-state index in [0.717, 1.165) is 72.8 Å². The smallest absolute Gasteiger partial charge is 0.296 e. The number of aryl methyl sites for hydroxylation is 4. The molecule has 53 nitrogen and oxygen atoms in total. The van der Waals surface area contributed by atoms with E-state index >= 15 is 0 Å². The Balaban J connectivity index is 0.757. The van der Waals surface area contributed by atoms with Gasteiger partial charge in [-0.05, 0) is 293 Å². The SMILES string of the molecule is Cc1cc(Nc2nc(NCCNc3nc(Nc4ccc(N=Nc5ccc(N=Nc6ccc(S(=O)(=O)O)cc6)cc5S(=O)(=O)O)c(C)c4)nc(Nc4cc(C)c(N=Nc5ccc(N=Nc6ccc(S(=O)(=O)O)cc6)cc5S(=O)(=O)O)cc4OCCCS)n3)nc(Nc3ccc(N=Nc4ccc(N=Nc5ccc(S(=O)(=O)O)cc5)cc4S(=O)(=O)O)c(C)c3)n2)ccc1N=Nc1ccc(N=Nc2ccc(S(=O)(=O)O)cc2)cc1S(=O)(=O)O. The number of thiol groups is 1. The van der Waals surface area contributed by atoms with E-state index in [-0.39, 0.29) is 158 Å². The monoisotopic (exact) mass is 2200 g/mol. The van der Waals surface area contributed by atoms with Crippen molar-refractivity contribution in [3.8, 4) is 5.75 Å². The summed E-state index contributed by atoms with van der Waals surface area (Å²) < 4.78 is 280. The van der Waals surface area contributed by atoms with E-state index in [4.69, 9.17) is 14.7 Å². The Bertz CT molecular complexity index is 8600. The van der Waals surface area contributed by atoms with Crippen LogP contribution < -0.4 is 36.6 Å². The molecule has 12 aromatic carbocycles. The first kappa shape index (κ1) is 108. The van der Waals surface area contributed by atoms with Gasteiger partial charge in [0.25, 0.3) is 80.9 Å². The van der Waals surface area contributed by atoms with Crippen LogP contribution in [0.2, 0.25) is 0 Å². The molecule has 62 heteroatoms. The minimum atomic E-state index is -5.03. The first-order valence-electron chi connectivity index (χ1n) is 42.2. The molecule has 0 spiro atoms. The molecule has 14 aromatic rings. The van der Waals surface area contributed by atoms with Gasteiger partial charge in [-0.3, -0.25) is 36.4 Å². The van der Waals surface area contributed by atoms with E-state index in [2.05, 4.69) is 146 Å². The summed E-state index contributed by atoms with van der Waals surface area (Å²) in [5.74, 6) is -0.0147. The van der Waals surface area contributed by atoms with E-state index < -0.39 is 120 Å². The van der Waals surface area contributed by atoms with Gasteiger partial charge < -0.3 is 36.6 Å². The third-order valence-electron chi connectivity index (χ3n) is 20.0. The van der Waals surface area contributed by atoms with Crippen LogP contribution in [0.1, 0.15) is 28.7 Å². The van der Waals surface area contributed by atoms with Crippen molar-refractivity contribution in [1.82, 2.24) is 29.9 Å². The minimum Gasteiger partial charge on any atom is -0.491 e. The Labute approximate surface area is 852 Å². The highest BCUT2D eigenvalue weighted by atomic mass is 32.2. The highest BCUT2D eigenvalue weighted by molar-refractivity contribution is 7.87. The molecule has 0 fully saturated rings. The zero-order valence-corrected chi connectivity index (χ0v) is 84.0. The molecule has 0 amide bonds. The molecule has 768 valence electrons. The summed E-state index contributed by atoms with van der Waals surface area (Å²) in [4.78, 5) is 23.6. The van der Waals surface area contributed by atoms with Gasteiger partial charge >= 0.3 is 0 Å². The summed E-state index contributed by atoms with van der Waals surface area (Å²) in [5.41, 5.74) is 2.69. The Morgan fingerprint density at radius 3 is 0.732 bits per heavy atom. The molecule has 2 heterocycles.